The molecule has 1 saturated heterocycles. The van der Waals surface area contributed by atoms with Crippen molar-refractivity contribution in [1.29, 1.82) is 0 Å². The van der Waals surface area contributed by atoms with Gasteiger partial charge in [-0.15, -0.1) is 0 Å². The Labute approximate surface area is 179 Å². The molecule has 1 amide bonds. The monoisotopic (exact) mass is 410 g/mol. The first-order chi connectivity index (χ1) is 14.4. The molecule has 3 atom stereocenters. The van der Waals surface area contributed by atoms with Crippen LogP contribution in [0, 0.1) is 11.8 Å². The van der Waals surface area contributed by atoms with E-state index in [1.807, 2.05) is 53.4 Å². The fourth-order valence-electron chi connectivity index (χ4n) is 4.53. The highest BCUT2D eigenvalue weighted by Crippen LogP contribution is 2.34. The molecule has 1 heterocycles. The number of aliphatic hydroxyl groups is 2. The molecule has 3 N–H and O–H groups in total. The molecule has 3 rings (SSSR count). The Hall–Kier alpha value is -2.21. The second-order valence-corrected chi connectivity index (χ2v) is 8.80. The second-order valence-electron chi connectivity index (χ2n) is 8.80. The molecule has 162 valence electrons. The minimum absolute atomic E-state index is 0.00536. The molecule has 2 aromatic carbocycles. The van der Waals surface area contributed by atoms with Crippen LogP contribution in [0.2, 0.25) is 0 Å². The zero-order valence-electron chi connectivity index (χ0n) is 18.0. The predicted octanol–water partition coefficient (Wildman–Crippen LogP) is 2.62. The van der Waals surface area contributed by atoms with Crippen LogP contribution >= 0.6 is 0 Å². The molecule has 5 heteroatoms. The van der Waals surface area contributed by atoms with E-state index in [9.17, 15) is 15.0 Å². The number of carbonyl (C=O) groups excluding carboxylic acids is 1. The maximum atomic E-state index is 13.6. The van der Waals surface area contributed by atoms with Crippen molar-refractivity contribution in [2.75, 3.05) is 19.7 Å². The van der Waals surface area contributed by atoms with Crippen LogP contribution in [-0.2, 0) is 17.8 Å². The molecule has 1 fully saturated rings. The molecular formula is C25H34N2O3. The molecule has 0 radical (unpaired) electrons. The van der Waals surface area contributed by atoms with E-state index in [4.69, 9.17) is 0 Å². The van der Waals surface area contributed by atoms with Crippen molar-refractivity contribution in [2.24, 2.45) is 11.8 Å². The largest absolute Gasteiger partial charge is 0.396 e. The van der Waals surface area contributed by atoms with Crippen LogP contribution in [0.1, 0.15) is 31.4 Å². The van der Waals surface area contributed by atoms with Crippen LogP contribution in [0.4, 0.5) is 0 Å². The third-order valence-electron chi connectivity index (χ3n) is 6.18. The van der Waals surface area contributed by atoms with Gasteiger partial charge in [-0.3, -0.25) is 4.79 Å². The lowest BCUT2D eigenvalue weighted by Crippen LogP contribution is -2.48. The Bertz CT molecular complexity index is 789. The van der Waals surface area contributed by atoms with Crippen LogP contribution in [-0.4, -0.2) is 52.4 Å². The molecule has 1 aliphatic heterocycles. The highest BCUT2D eigenvalue weighted by molar-refractivity contribution is 5.82. The van der Waals surface area contributed by atoms with E-state index in [-0.39, 0.29) is 24.3 Å². The lowest BCUT2D eigenvalue weighted by Gasteiger charge is -2.33. The Morgan fingerprint density at radius 1 is 1.07 bits per heavy atom. The van der Waals surface area contributed by atoms with E-state index in [0.29, 0.717) is 26.1 Å². The quantitative estimate of drug-likeness (QED) is 0.594. The van der Waals surface area contributed by atoms with E-state index in [1.165, 1.54) is 5.56 Å². The first kappa shape index (κ1) is 22.5. The first-order valence-electron chi connectivity index (χ1n) is 10.8. The summed E-state index contributed by atoms with van der Waals surface area (Å²) in [7, 11) is 0. The Morgan fingerprint density at radius 2 is 1.67 bits per heavy atom. The summed E-state index contributed by atoms with van der Waals surface area (Å²) in [6, 6.07) is 19.8. The molecule has 2 aromatic rings. The van der Waals surface area contributed by atoms with Crippen LogP contribution in [0.25, 0.3) is 0 Å². The van der Waals surface area contributed by atoms with Crippen molar-refractivity contribution in [1.82, 2.24) is 10.2 Å². The van der Waals surface area contributed by atoms with Crippen LogP contribution < -0.4 is 5.32 Å². The number of carbonyl (C=O) groups is 1. The van der Waals surface area contributed by atoms with Crippen LogP contribution in [0.5, 0.6) is 0 Å². The van der Waals surface area contributed by atoms with E-state index in [1.54, 1.807) is 13.8 Å². The van der Waals surface area contributed by atoms with E-state index >= 15 is 0 Å². The molecule has 0 spiro atoms. The van der Waals surface area contributed by atoms with Gasteiger partial charge < -0.3 is 20.4 Å². The molecule has 5 nitrogen and oxygen atoms in total. The highest BCUT2D eigenvalue weighted by atomic mass is 16.3. The normalized spacial score (nSPS) is 21.5. The molecule has 0 aliphatic carbocycles. The molecule has 0 bridgehead atoms. The summed E-state index contributed by atoms with van der Waals surface area (Å²) in [6.45, 7) is 5.31. The maximum Gasteiger partial charge on any atom is 0.240 e. The van der Waals surface area contributed by atoms with Gasteiger partial charge in [0.05, 0.1) is 11.6 Å². The van der Waals surface area contributed by atoms with Crippen molar-refractivity contribution >= 4 is 5.91 Å². The van der Waals surface area contributed by atoms with Gasteiger partial charge in [0.15, 0.2) is 0 Å². The van der Waals surface area contributed by atoms with Crippen LogP contribution in [0.15, 0.2) is 60.7 Å². The third kappa shape index (κ3) is 5.69. The summed E-state index contributed by atoms with van der Waals surface area (Å²) in [5.74, 6) is -0.135. The summed E-state index contributed by atoms with van der Waals surface area (Å²) in [5.41, 5.74) is 1.38. The number of hydrogen-bond acceptors (Lipinski definition) is 4. The number of rotatable bonds is 9. The lowest BCUT2D eigenvalue weighted by atomic mass is 9.78. The van der Waals surface area contributed by atoms with Gasteiger partial charge in [-0.2, -0.15) is 0 Å². The number of hydrogen-bond donors (Lipinski definition) is 3. The Kier molecular flexibility index (Phi) is 7.64. The highest BCUT2D eigenvalue weighted by Gasteiger charge is 2.46. The van der Waals surface area contributed by atoms with Crippen LogP contribution in [0.3, 0.4) is 0 Å². The summed E-state index contributed by atoms with van der Waals surface area (Å²) < 4.78 is 0. The number of nitrogens with zero attached hydrogens (tertiary/aromatic N) is 1. The van der Waals surface area contributed by atoms with Gasteiger partial charge in [0.2, 0.25) is 5.91 Å². The summed E-state index contributed by atoms with van der Waals surface area (Å²) >= 11 is 0. The van der Waals surface area contributed by atoms with Crippen molar-refractivity contribution in [2.45, 2.75) is 44.9 Å². The predicted molar refractivity (Wildman–Crippen MR) is 119 cm³/mol. The van der Waals surface area contributed by atoms with Gasteiger partial charge in [0, 0.05) is 32.2 Å². The molecule has 0 unspecified atom stereocenters. The van der Waals surface area contributed by atoms with Gasteiger partial charge in [0.25, 0.3) is 0 Å². The fraction of sp³-hybridized carbons (Fsp3) is 0.480. The third-order valence-corrected chi connectivity index (χ3v) is 6.18. The summed E-state index contributed by atoms with van der Waals surface area (Å²) in [6.07, 6.45) is 1.28. The minimum atomic E-state index is -0.907. The smallest absolute Gasteiger partial charge is 0.240 e. The van der Waals surface area contributed by atoms with Gasteiger partial charge in [-0.1, -0.05) is 60.7 Å². The first-order valence-corrected chi connectivity index (χ1v) is 10.8. The van der Waals surface area contributed by atoms with Crippen molar-refractivity contribution in [3.05, 3.63) is 71.8 Å². The second kappa shape index (κ2) is 10.2. The number of nitrogens with one attached hydrogen (secondary N) is 1. The summed E-state index contributed by atoms with van der Waals surface area (Å²) in [5, 5.41) is 23.5. The average molecular weight is 411 g/mol. The molecule has 1 aliphatic rings. The van der Waals surface area contributed by atoms with E-state index < -0.39 is 11.6 Å². The van der Waals surface area contributed by atoms with Crippen molar-refractivity contribution < 1.29 is 15.0 Å². The van der Waals surface area contributed by atoms with E-state index in [0.717, 1.165) is 12.0 Å². The molecule has 30 heavy (non-hydrogen) atoms. The zero-order valence-corrected chi connectivity index (χ0v) is 18.0. The molecule has 0 aromatic heterocycles. The zero-order chi connectivity index (χ0) is 21.6. The van der Waals surface area contributed by atoms with Gasteiger partial charge in [0.1, 0.15) is 0 Å². The number of amides is 1. The SMILES string of the molecule is CC(C)(O)[C@H]1CN[C@H](C(=O)N(CCc2ccccc2)Cc2ccccc2)[C@@H]1CCO. The fourth-order valence-corrected chi connectivity index (χ4v) is 4.53. The Balaban J connectivity index is 1.79. The number of aliphatic hydroxyl groups excluding tert-OH is 1. The molecule has 0 saturated carbocycles. The lowest BCUT2D eigenvalue weighted by molar-refractivity contribution is -0.135. The number of benzene rings is 2. The van der Waals surface area contributed by atoms with E-state index in [2.05, 4.69) is 17.4 Å². The maximum absolute atomic E-state index is 13.6. The standard InChI is InChI=1S/C25H34N2O3/c1-25(2,30)22-17-26-23(21(22)14-16-28)24(29)27(18-20-11-7-4-8-12-20)15-13-19-9-5-3-6-10-19/h3-12,21-23,26,28,30H,13-18H2,1-2H3/t21-,22+,23+/m1/s1. The molecular weight excluding hydrogens is 376 g/mol. The van der Waals surface area contributed by atoms with Gasteiger partial charge >= 0.3 is 0 Å². The topological polar surface area (TPSA) is 72.8 Å². The van der Waals surface area contributed by atoms with Crippen molar-refractivity contribution in [3.8, 4) is 0 Å². The minimum Gasteiger partial charge on any atom is -0.396 e. The summed E-state index contributed by atoms with van der Waals surface area (Å²) in [4.78, 5) is 15.5. The van der Waals surface area contributed by atoms with Crippen molar-refractivity contribution in [3.63, 3.8) is 0 Å². The Morgan fingerprint density at radius 3 is 2.23 bits per heavy atom. The average Bonchev–Trinajstić information content (AvgIpc) is 3.16. The van der Waals surface area contributed by atoms with Gasteiger partial charge in [-0.25, -0.2) is 0 Å². The van der Waals surface area contributed by atoms with Gasteiger partial charge in [-0.05, 0) is 43.7 Å².